The number of amides is 1. The molecule has 1 amide bonds. The van der Waals surface area contributed by atoms with E-state index in [2.05, 4.69) is 9.97 Å². The summed E-state index contributed by atoms with van der Waals surface area (Å²) in [7, 11) is 1.53. The molecule has 0 radical (unpaired) electrons. The van der Waals surface area contributed by atoms with E-state index in [1.165, 1.54) is 13.2 Å². The first-order chi connectivity index (χ1) is 15.2. The molecular weight excluding hydrogens is 392 g/mol. The lowest BCUT2D eigenvalue weighted by Crippen LogP contribution is -2.28. The molecule has 156 valence electrons. The molecule has 1 aromatic carbocycles. The van der Waals surface area contributed by atoms with Crippen LogP contribution < -0.4 is 9.47 Å². The number of methoxy groups -OCH3 is 1. The number of hydrogen-bond acceptors (Lipinski definition) is 6. The minimum absolute atomic E-state index is 0.0671. The zero-order chi connectivity index (χ0) is 21.9. The molecule has 0 spiro atoms. The van der Waals surface area contributed by atoms with Crippen molar-refractivity contribution in [3.63, 3.8) is 0 Å². The fourth-order valence-electron chi connectivity index (χ4n) is 2.92. The van der Waals surface area contributed by atoms with Gasteiger partial charge in [0, 0.05) is 44.0 Å². The Kier molecular flexibility index (Phi) is 7.72. The molecule has 0 aliphatic heterocycles. The monoisotopic (exact) mass is 414 g/mol. The molecule has 0 saturated carbocycles. The maximum absolute atomic E-state index is 13.0. The van der Waals surface area contributed by atoms with E-state index >= 15 is 0 Å². The number of carbonyl (C=O) groups excluding carboxylic acids is 1. The van der Waals surface area contributed by atoms with E-state index in [1.54, 1.807) is 54.0 Å². The maximum atomic E-state index is 13.0. The molecule has 0 bridgehead atoms. The number of aromatic nitrogens is 2. The summed E-state index contributed by atoms with van der Waals surface area (Å²) < 4.78 is 10.7. The molecule has 0 saturated heterocycles. The lowest BCUT2D eigenvalue weighted by atomic mass is 10.1. The van der Waals surface area contributed by atoms with Crippen LogP contribution in [0.3, 0.4) is 0 Å². The Morgan fingerprint density at radius 1 is 1.06 bits per heavy atom. The van der Waals surface area contributed by atoms with Gasteiger partial charge in [0.1, 0.15) is 6.07 Å². The van der Waals surface area contributed by atoms with Crippen molar-refractivity contribution in [3.05, 3.63) is 90.0 Å². The van der Waals surface area contributed by atoms with E-state index in [1.807, 2.05) is 30.3 Å². The number of nitriles is 1. The van der Waals surface area contributed by atoms with Gasteiger partial charge in [-0.25, -0.2) is 0 Å². The zero-order valence-corrected chi connectivity index (χ0v) is 17.1. The van der Waals surface area contributed by atoms with Gasteiger partial charge in [0.05, 0.1) is 7.11 Å². The Bertz CT molecular complexity index is 1020. The van der Waals surface area contributed by atoms with Gasteiger partial charge in [-0.05, 0) is 53.1 Å². The average Bonchev–Trinajstić information content (AvgIpc) is 2.82. The van der Waals surface area contributed by atoms with E-state index in [4.69, 9.17) is 14.7 Å². The van der Waals surface area contributed by atoms with Crippen molar-refractivity contribution in [1.29, 1.82) is 5.26 Å². The van der Waals surface area contributed by atoms with Gasteiger partial charge in [-0.15, -0.1) is 0 Å². The summed E-state index contributed by atoms with van der Waals surface area (Å²) in [6.45, 7) is 0.816. The first kappa shape index (κ1) is 21.5. The van der Waals surface area contributed by atoms with Crippen LogP contribution >= 0.6 is 0 Å². The van der Waals surface area contributed by atoms with Crippen molar-refractivity contribution in [2.75, 3.05) is 13.7 Å². The molecule has 0 fully saturated rings. The van der Waals surface area contributed by atoms with Crippen LogP contribution in [-0.4, -0.2) is 34.5 Å². The van der Waals surface area contributed by atoms with Crippen LogP contribution in [-0.2, 0) is 17.9 Å². The molecule has 0 N–H and O–H groups in total. The lowest BCUT2D eigenvalue weighted by molar-refractivity contribution is -0.127. The zero-order valence-electron chi connectivity index (χ0n) is 17.1. The number of pyridine rings is 2. The van der Waals surface area contributed by atoms with Crippen LogP contribution in [0.2, 0.25) is 0 Å². The minimum Gasteiger partial charge on any atom is -0.493 e. The molecule has 3 aromatic rings. The van der Waals surface area contributed by atoms with E-state index in [0.717, 1.165) is 16.7 Å². The van der Waals surface area contributed by atoms with Crippen molar-refractivity contribution in [1.82, 2.24) is 14.9 Å². The molecule has 0 aliphatic rings. The van der Waals surface area contributed by atoms with Crippen LogP contribution in [0.15, 0.2) is 73.3 Å². The highest BCUT2D eigenvalue weighted by Crippen LogP contribution is 2.28. The van der Waals surface area contributed by atoms with Gasteiger partial charge < -0.3 is 14.4 Å². The lowest BCUT2D eigenvalue weighted by Gasteiger charge is -2.21. The topological polar surface area (TPSA) is 88.3 Å². The number of benzene rings is 1. The van der Waals surface area contributed by atoms with Crippen molar-refractivity contribution in [2.24, 2.45) is 0 Å². The van der Waals surface area contributed by atoms with Crippen molar-refractivity contribution >= 4 is 12.0 Å². The van der Waals surface area contributed by atoms with E-state index in [0.29, 0.717) is 24.6 Å². The first-order valence-corrected chi connectivity index (χ1v) is 9.62. The van der Waals surface area contributed by atoms with Gasteiger partial charge in [0.25, 0.3) is 0 Å². The first-order valence-electron chi connectivity index (χ1n) is 9.62. The Morgan fingerprint density at radius 2 is 1.87 bits per heavy atom. The highest BCUT2D eigenvalue weighted by atomic mass is 16.5. The molecule has 31 heavy (non-hydrogen) atoms. The SMILES string of the molecule is COc1cc(/C=C/C(=O)N(Cc2ccncc2)Cc2cccnc2)ccc1OCC#N. The van der Waals surface area contributed by atoms with Crippen LogP contribution in [0.1, 0.15) is 16.7 Å². The van der Waals surface area contributed by atoms with Crippen LogP contribution in [0.25, 0.3) is 6.08 Å². The molecular formula is C24H22N4O3. The van der Waals surface area contributed by atoms with Gasteiger partial charge in [-0.1, -0.05) is 12.1 Å². The predicted octanol–water partition coefficient (Wildman–Crippen LogP) is 3.63. The van der Waals surface area contributed by atoms with E-state index in [9.17, 15) is 4.79 Å². The maximum Gasteiger partial charge on any atom is 0.247 e. The summed E-state index contributed by atoms with van der Waals surface area (Å²) in [5.41, 5.74) is 2.71. The standard InChI is InChI=1S/C24H22N4O3/c1-30-23-15-19(4-6-22(23)31-14-10-25)5-7-24(29)28(17-20-8-12-26-13-9-20)18-21-3-2-11-27-16-21/h2-9,11-13,15-16H,14,17-18H2,1H3/b7-5+. The summed E-state index contributed by atoms with van der Waals surface area (Å²) in [4.78, 5) is 22.9. The van der Waals surface area contributed by atoms with Crippen LogP contribution in [0.4, 0.5) is 0 Å². The third-order valence-electron chi connectivity index (χ3n) is 4.43. The fourth-order valence-corrected chi connectivity index (χ4v) is 2.92. The number of carbonyl (C=O) groups is 1. The molecule has 2 heterocycles. The number of rotatable bonds is 9. The summed E-state index contributed by atoms with van der Waals surface area (Å²) in [5, 5.41) is 8.68. The quantitative estimate of drug-likeness (QED) is 0.497. The van der Waals surface area contributed by atoms with Crippen LogP contribution in [0, 0.1) is 11.3 Å². The fraction of sp³-hybridized carbons (Fsp3) is 0.167. The minimum atomic E-state index is -0.135. The van der Waals surface area contributed by atoms with Crippen LogP contribution in [0.5, 0.6) is 11.5 Å². The van der Waals surface area contributed by atoms with Gasteiger partial charge >= 0.3 is 0 Å². The smallest absolute Gasteiger partial charge is 0.247 e. The summed E-state index contributed by atoms with van der Waals surface area (Å²) in [6.07, 6.45) is 10.1. The summed E-state index contributed by atoms with van der Waals surface area (Å²) in [5.74, 6) is 0.835. The molecule has 0 aliphatic carbocycles. The number of hydrogen-bond donors (Lipinski definition) is 0. The average molecular weight is 414 g/mol. The molecule has 2 aromatic heterocycles. The van der Waals surface area contributed by atoms with Gasteiger partial charge in [-0.3, -0.25) is 14.8 Å². The Morgan fingerprint density at radius 3 is 2.58 bits per heavy atom. The highest BCUT2D eigenvalue weighted by molar-refractivity contribution is 5.91. The predicted molar refractivity (Wildman–Crippen MR) is 116 cm³/mol. The van der Waals surface area contributed by atoms with Crippen molar-refractivity contribution in [2.45, 2.75) is 13.1 Å². The second-order valence-corrected chi connectivity index (χ2v) is 6.60. The van der Waals surface area contributed by atoms with Crippen molar-refractivity contribution in [3.8, 4) is 17.6 Å². The normalized spacial score (nSPS) is 10.5. The van der Waals surface area contributed by atoms with E-state index < -0.39 is 0 Å². The number of nitrogens with zero attached hydrogens (tertiary/aromatic N) is 4. The molecule has 3 rings (SSSR count). The molecule has 7 nitrogen and oxygen atoms in total. The van der Waals surface area contributed by atoms with Crippen molar-refractivity contribution < 1.29 is 14.3 Å². The third kappa shape index (κ3) is 6.41. The Hall–Kier alpha value is -4.18. The highest BCUT2D eigenvalue weighted by Gasteiger charge is 2.13. The second kappa shape index (κ2) is 11.1. The summed E-state index contributed by atoms with van der Waals surface area (Å²) in [6, 6.07) is 14.8. The molecule has 0 atom stereocenters. The third-order valence-corrected chi connectivity index (χ3v) is 4.43. The van der Waals surface area contributed by atoms with Gasteiger partial charge in [0.15, 0.2) is 18.1 Å². The Labute approximate surface area is 181 Å². The van der Waals surface area contributed by atoms with E-state index in [-0.39, 0.29) is 12.5 Å². The van der Waals surface area contributed by atoms with Gasteiger partial charge in [-0.2, -0.15) is 5.26 Å². The van der Waals surface area contributed by atoms with Gasteiger partial charge in [0.2, 0.25) is 5.91 Å². The second-order valence-electron chi connectivity index (χ2n) is 6.60. The summed E-state index contributed by atoms with van der Waals surface area (Å²) >= 11 is 0. The number of ether oxygens (including phenoxy) is 2. The Balaban J connectivity index is 1.77. The largest absolute Gasteiger partial charge is 0.493 e. The molecule has 0 unspecified atom stereocenters. The molecule has 7 heteroatoms.